The molecule has 4 rings (SSSR count). The highest BCUT2D eigenvalue weighted by Crippen LogP contribution is 2.34. The van der Waals surface area contributed by atoms with E-state index in [9.17, 15) is 8.42 Å². The molecule has 2 N–H and O–H groups in total. The Kier molecular flexibility index (Phi) is 5.07. The second-order valence-electron chi connectivity index (χ2n) is 6.26. The smallest absolute Gasteiger partial charge is 0.261 e. The van der Waals surface area contributed by atoms with Gasteiger partial charge >= 0.3 is 0 Å². The minimum atomic E-state index is -3.72. The third-order valence-corrected chi connectivity index (χ3v) is 6.24. The summed E-state index contributed by atoms with van der Waals surface area (Å²) in [6.07, 6.45) is 0. The predicted molar refractivity (Wildman–Crippen MR) is 117 cm³/mol. The Balaban J connectivity index is 1.79. The molecule has 3 aromatic carbocycles. The molecular weight excluding hydrogens is 436 g/mol. The first-order valence-corrected chi connectivity index (χ1v) is 10.9. The van der Waals surface area contributed by atoms with Crippen LogP contribution in [0.15, 0.2) is 100 Å². The zero-order valence-corrected chi connectivity index (χ0v) is 17.2. The van der Waals surface area contributed by atoms with Crippen LogP contribution in [0.25, 0.3) is 22.5 Å². The van der Waals surface area contributed by atoms with Gasteiger partial charge in [-0.15, -0.1) is 0 Å². The molecule has 0 aliphatic heterocycles. The standard InChI is InChI=1S/C22H17BrN2O2S/c23-18-11-13-19(14-12-18)28(26,27)25-21-15-20(16-7-3-1-4-8-16)24-22(21)17-9-5-2-6-10-17/h1-15,24-25H. The van der Waals surface area contributed by atoms with E-state index in [2.05, 4.69) is 25.6 Å². The van der Waals surface area contributed by atoms with Gasteiger partial charge in [-0.25, -0.2) is 8.42 Å². The second kappa shape index (κ2) is 7.66. The Morgan fingerprint density at radius 3 is 1.93 bits per heavy atom. The van der Waals surface area contributed by atoms with Crippen molar-refractivity contribution in [2.75, 3.05) is 4.72 Å². The van der Waals surface area contributed by atoms with Crippen LogP contribution in [0.4, 0.5) is 5.69 Å². The number of aromatic nitrogens is 1. The highest BCUT2D eigenvalue weighted by Gasteiger charge is 2.19. The lowest BCUT2D eigenvalue weighted by Crippen LogP contribution is -2.13. The van der Waals surface area contributed by atoms with Gasteiger partial charge in [-0.05, 0) is 35.9 Å². The van der Waals surface area contributed by atoms with Gasteiger partial charge in [-0.1, -0.05) is 76.6 Å². The van der Waals surface area contributed by atoms with E-state index in [1.54, 1.807) is 24.3 Å². The average Bonchev–Trinajstić information content (AvgIpc) is 3.13. The van der Waals surface area contributed by atoms with Crippen LogP contribution in [-0.2, 0) is 10.0 Å². The predicted octanol–water partition coefficient (Wildman–Crippen LogP) is 5.91. The number of aromatic amines is 1. The Morgan fingerprint density at radius 1 is 0.750 bits per heavy atom. The van der Waals surface area contributed by atoms with Crippen LogP contribution in [0.5, 0.6) is 0 Å². The highest BCUT2D eigenvalue weighted by atomic mass is 79.9. The molecule has 0 saturated carbocycles. The number of rotatable bonds is 5. The van der Waals surface area contributed by atoms with Gasteiger partial charge in [0.15, 0.2) is 0 Å². The number of H-pyrrole nitrogens is 1. The van der Waals surface area contributed by atoms with E-state index in [1.807, 2.05) is 66.7 Å². The van der Waals surface area contributed by atoms with Crippen LogP contribution in [0.3, 0.4) is 0 Å². The van der Waals surface area contributed by atoms with Gasteiger partial charge < -0.3 is 4.98 Å². The molecule has 0 unspecified atom stereocenters. The van der Waals surface area contributed by atoms with Crippen molar-refractivity contribution in [2.24, 2.45) is 0 Å². The van der Waals surface area contributed by atoms with E-state index >= 15 is 0 Å². The molecule has 4 aromatic rings. The maximum atomic E-state index is 12.9. The first-order chi connectivity index (χ1) is 13.5. The van der Waals surface area contributed by atoms with Crippen LogP contribution in [0, 0.1) is 0 Å². The van der Waals surface area contributed by atoms with Crippen LogP contribution < -0.4 is 4.72 Å². The van der Waals surface area contributed by atoms with E-state index < -0.39 is 10.0 Å². The Morgan fingerprint density at radius 2 is 1.32 bits per heavy atom. The van der Waals surface area contributed by atoms with E-state index in [1.165, 1.54) is 0 Å². The number of anilines is 1. The van der Waals surface area contributed by atoms with Crippen molar-refractivity contribution in [1.82, 2.24) is 4.98 Å². The molecule has 1 heterocycles. The topological polar surface area (TPSA) is 62.0 Å². The van der Waals surface area contributed by atoms with E-state index in [0.717, 1.165) is 27.0 Å². The average molecular weight is 453 g/mol. The third kappa shape index (κ3) is 3.88. The van der Waals surface area contributed by atoms with E-state index in [0.29, 0.717) is 5.69 Å². The number of hydrogen-bond acceptors (Lipinski definition) is 2. The summed E-state index contributed by atoms with van der Waals surface area (Å²) in [5.41, 5.74) is 3.95. The maximum absolute atomic E-state index is 12.9. The molecule has 0 fully saturated rings. The molecule has 0 aliphatic rings. The molecule has 4 nitrogen and oxygen atoms in total. The molecule has 0 radical (unpaired) electrons. The van der Waals surface area contributed by atoms with Gasteiger partial charge in [0.25, 0.3) is 10.0 Å². The summed E-state index contributed by atoms with van der Waals surface area (Å²) in [5, 5.41) is 0. The van der Waals surface area contributed by atoms with Gasteiger partial charge in [-0.2, -0.15) is 0 Å². The van der Waals surface area contributed by atoms with Gasteiger partial charge in [-0.3, -0.25) is 4.72 Å². The van der Waals surface area contributed by atoms with Gasteiger partial charge in [0.2, 0.25) is 0 Å². The summed E-state index contributed by atoms with van der Waals surface area (Å²) >= 11 is 3.33. The van der Waals surface area contributed by atoms with Gasteiger partial charge in [0.1, 0.15) is 0 Å². The quantitative estimate of drug-likeness (QED) is 0.395. The summed E-state index contributed by atoms with van der Waals surface area (Å²) in [5.74, 6) is 0. The lowest BCUT2D eigenvalue weighted by atomic mass is 10.1. The van der Waals surface area contributed by atoms with Crippen molar-refractivity contribution >= 4 is 31.6 Å². The molecule has 0 aliphatic carbocycles. The molecule has 0 amide bonds. The van der Waals surface area contributed by atoms with Gasteiger partial charge in [0.05, 0.1) is 16.3 Å². The minimum absolute atomic E-state index is 0.206. The monoisotopic (exact) mass is 452 g/mol. The van der Waals surface area contributed by atoms with Crippen molar-refractivity contribution < 1.29 is 8.42 Å². The maximum Gasteiger partial charge on any atom is 0.261 e. The number of hydrogen-bond donors (Lipinski definition) is 2. The molecular formula is C22H17BrN2O2S. The fourth-order valence-corrected chi connectivity index (χ4v) is 4.29. The Bertz CT molecular complexity index is 1190. The van der Waals surface area contributed by atoms with Crippen LogP contribution in [0.2, 0.25) is 0 Å². The molecule has 0 saturated heterocycles. The third-order valence-electron chi connectivity index (χ3n) is 4.33. The molecule has 0 bridgehead atoms. The van der Waals surface area contributed by atoms with Crippen molar-refractivity contribution in [3.8, 4) is 22.5 Å². The van der Waals surface area contributed by atoms with Crippen LogP contribution in [-0.4, -0.2) is 13.4 Å². The SMILES string of the molecule is O=S(=O)(Nc1cc(-c2ccccc2)[nH]c1-c1ccccc1)c1ccc(Br)cc1. The van der Waals surface area contributed by atoms with Crippen molar-refractivity contribution in [2.45, 2.75) is 4.90 Å². The zero-order chi connectivity index (χ0) is 19.6. The first-order valence-electron chi connectivity index (χ1n) is 8.65. The fraction of sp³-hybridized carbons (Fsp3) is 0. The number of halogens is 1. The molecule has 6 heteroatoms. The molecule has 0 spiro atoms. The Hall–Kier alpha value is -2.83. The van der Waals surface area contributed by atoms with Crippen LogP contribution >= 0.6 is 15.9 Å². The summed E-state index contributed by atoms with van der Waals surface area (Å²) < 4.78 is 29.4. The lowest BCUT2D eigenvalue weighted by Gasteiger charge is -2.09. The fourth-order valence-electron chi connectivity index (χ4n) is 2.96. The molecule has 1 aromatic heterocycles. The van der Waals surface area contributed by atoms with Crippen molar-refractivity contribution in [3.63, 3.8) is 0 Å². The van der Waals surface area contributed by atoms with Crippen LogP contribution in [0.1, 0.15) is 0 Å². The Labute approximate surface area is 172 Å². The number of nitrogens with one attached hydrogen (secondary N) is 2. The van der Waals surface area contributed by atoms with Crippen molar-refractivity contribution in [3.05, 3.63) is 95.5 Å². The molecule has 28 heavy (non-hydrogen) atoms. The highest BCUT2D eigenvalue weighted by molar-refractivity contribution is 9.10. The lowest BCUT2D eigenvalue weighted by molar-refractivity contribution is 0.601. The largest absolute Gasteiger partial charge is 0.353 e. The van der Waals surface area contributed by atoms with Crippen molar-refractivity contribution in [1.29, 1.82) is 0 Å². The minimum Gasteiger partial charge on any atom is -0.353 e. The molecule has 140 valence electrons. The normalized spacial score (nSPS) is 11.3. The summed E-state index contributed by atoms with van der Waals surface area (Å²) in [7, 11) is -3.72. The summed E-state index contributed by atoms with van der Waals surface area (Å²) in [6.45, 7) is 0. The first kappa shape index (κ1) is 18.5. The van der Waals surface area contributed by atoms with Gasteiger partial charge in [0, 0.05) is 15.7 Å². The summed E-state index contributed by atoms with van der Waals surface area (Å²) in [6, 6.07) is 27.8. The van der Waals surface area contributed by atoms with E-state index in [4.69, 9.17) is 0 Å². The number of sulfonamides is 1. The summed E-state index contributed by atoms with van der Waals surface area (Å²) in [4.78, 5) is 3.57. The zero-order valence-electron chi connectivity index (χ0n) is 14.8. The molecule has 0 atom stereocenters. The van der Waals surface area contributed by atoms with E-state index in [-0.39, 0.29) is 4.90 Å². The second-order valence-corrected chi connectivity index (χ2v) is 8.86. The number of benzene rings is 3.